The number of nitrogens with one attached hydrogen (secondary N) is 1. The van der Waals surface area contributed by atoms with E-state index in [1.807, 2.05) is 37.6 Å². The number of imidazole rings is 1. The summed E-state index contributed by atoms with van der Waals surface area (Å²) in [7, 11) is 1.98. The van der Waals surface area contributed by atoms with Crippen molar-refractivity contribution in [2.24, 2.45) is 7.05 Å². The molecule has 0 saturated heterocycles. The Labute approximate surface area is 117 Å². The third-order valence-electron chi connectivity index (χ3n) is 3.35. The molecule has 3 rings (SSSR count). The predicted octanol–water partition coefficient (Wildman–Crippen LogP) is 3.03. The van der Waals surface area contributed by atoms with Gasteiger partial charge in [0.2, 0.25) is 0 Å². The van der Waals surface area contributed by atoms with Gasteiger partial charge in [-0.2, -0.15) is 0 Å². The molecule has 5 nitrogen and oxygen atoms in total. The average molecular weight is 267 g/mol. The van der Waals surface area contributed by atoms with Gasteiger partial charge in [0, 0.05) is 12.7 Å². The molecule has 102 valence electrons. The minimum Gasteiger partial charge on any atom is -0.338 e. The Balaban J connectivity index is 2.15. The van der Waals surface area contributed by atoms with E-state index in [0.717, 1.165) is 28.5 Å². The molecule has 0 atom stereocenters. The summed E-state index contributed by atoms with van der Waals surface area (Å²) >= 11 is 0. The lowest BCUT2D eigenvalue weighted by atomic mass is 10.2. The minimum absolute atomic E-state index is 0.714. The van der Waals surface area contributed by atoms with Crippen LogP contribution < -0.4 is 5.32 Å². The van der Waals surface area contributed by atoms with Crippen LogP contribution in [0.25, 0.3) is 11.2 Å². The zero-order chi connectivity index (χ0) is 14.3. The topological polar surface area (TPSA) is 55.6 Å². The first kappa shape index (κ1) is 12.6. The molecule has 0 amide bonds. The van der Waals surface area contributed by atoms with Gasteiger partial charge < -0.3 is 9.88 Å². The van der Waals surface area contributed by atoms with E-state index in [1.54, 1.807) is 0 Å². The molecule has 2 heterocycles. The predicted molar refractivity (Wildman–Crippen MR) is 80.2 cm³/mol. The van der Waals surface area contributed by atoms with E-state index in [1.165, 1.54) is 5.56 Å². The highest BCUT2D eigenvalue weighted by atomic mass is 15.2. The van der Waals surface area contributed by atoms with Gasteiger partial charge in [-0.3, -0.25) is 0 Å². The number of aromatic nitrogens is 4. The number of anilines is 2. The number of hydrogen-bond acceptors (Lipinski definition) is 4. The van der Waals surface area contributed by atoms with E-state index in [4.69, 9.17) is 0 Å². The highest BCUT2D eigenvalue weighted by molar-refractivity contribution is 5.86. The lowest BCUT2D eigenvalue weighted by Gasteiger charge is -2.09. The van der Waals surface area contributed by atoms with E-state index < -0.39 is 0 Å². The second-order valence-electron chi connectivity index (χ2n) is 5.00. The second-order valence-corrected chi connectivity index (χ2v) is 5.00. The van der Waals surface area contributed by atoms with Crippen LogP contribution in [-0.2, 0) is 7.05 Å². The molecular formula is C15H17N5. The molecular weight excluding hydrogens is 250 g/mol. The van der Waals surface area contributed by atoms with Gasteiger partial charge in [0.15, 0.2) is 11.5 Å². The lowest BCUT2D eigenvalue weighted by Crippen LogP contribution is -2.01. The van der Waals surface area contributed by atoms with E-state index in [0.29, 0.717) is 5.82 Å². The molecule has 0 saturated carbocycles. The SMILES string of the molecule is Cc1cccc(Nc2nc(C)nc3nc(C)n(C)c23)c1. The van der Waals surface area contributed by atoms with Crippen LogP contribution in [0, 0.1) is 20.8 Å². The summed E-state index contributed by atoms with van der Waals surface area (Å²) in [4.78, 5) is 13.4. The zero-order valence-corrected chi connectivity index (χ0v) is 12.1. The van der Waals surface area contributed by atoms with E-state index in [-0.39, 0.29) is 0 Å². The Morgan fingerprint density at radius 1 is 1.05 bits per heavy atom. The molecule has 2 aromatic heterocycles. The molecule has 0 radical (unpaired) electrons. The van der Waals surface area contributed by atoms with Gasteiger partial charge in [-0.05, 0) is 38.5 Å². The summed E-state index contributed by atoms with van der Waals surface area (Å²) in [5, 5.41) is 3.37. The van der Waals surface area contributed by atoms with Crippen molar-refractivity contribution >= 4 is 22.7 Å². The number of nitrogens with zero attached hydrogens (tertiary/aromatic N) is 4. The van der Waals surface area contributed by atoms with Crippen LogP contribution in [0.4, 0.5) is 11.5 Å². The first-order valence-electron chi connectivity index (χ1n) is 6.56. The van der Waals surface area contributed by atoms with Crippen LogP contribution in [0.2, 0.25) is 0 Å². The molecule has 0 spiro atoms. The summed E-state index contributed by atoms with van der Waals surface area (Å²) in [6.45, 7) is 5.92. The highest BCUT2D eigenvalue weighted by Crippen LogP contribution is 2.24. The third-order valence-corrected chi connectivity index (χ3v) is 3.35. The van der Waals surface area contributed by atoms with Crippen molar-refractivity contribution < 1.29 is 0 Å². The van der Waals surface area contributed by atoms with Crippen molar-refractivity contribution in [3.63, 3.8) is 0 Å². The van der Waals surface area contributed by atoms with Crippen molar-refractivity contribution in [3.05, 3.63) is 41.5 Å². The Bertz CT molecular complexity index is 788. The van der Waals surface area contributed by atoms with Crippen molar-refractivity contribution in [3.8, 4) is 0 Å². The van der Waals surface area contributed by atoms with Crippen molar-refractivity contribution in [1.82, 2.24) is 19.5 Å². The Morgan fingerprint density at radius 2 is 1.85 bits per heavy atom. The van der Waals surface area contributed by atoms with E-state index >= 15 is 0 Å². The largest absolute Gasteiger partial charge is 0.338 e. The summed E-state index contributed by atoms with van der Waals surface area (Å²) in [5.41, 5.74) is 3.88. The Hall–Kier alpha value is -2.43. The van der Waals surface area contributed by atoms with Crippen LogP contribution in [0.1, 0.15) is 17.2 Å². The quantitative estimate of drug-likeness (QED) is 0.775. The Morgan fingerprint density at radius 3 is 2.60 bits per heavy atom. The van der Waals surface area contributed by atoms with Crippen LogP contribution in [0.3, 0.4) is 0 Å². The molecule has 0 aliphatic heterocycles. The fraction of sp³-hybridized carbons (Fsp3) is 0.267. The van der Waals surface area contributed by atoms with Crippen LogP contribution in [0.5, 0.6) is 0 Å². The first-order valence-corrected chi connectivity index (χ1v) is 6.56. The number of aryl methyl sites for hydroxylation is 4. The fourth-order valence-corrected chi connectivity index (χ4v) is 2.28. The minimum atomic E-state index is 0.714. The molecule has 0 fully saturated rings. The molecule has 0 aliphatic rings. The first-order chi connectivity index (χ1) is 9.54. The van der Waals surface area contributed by atoms with Crippen LogP contribution in [0.15, 0.2) is 24.3 Å². The monoisotopic (exact) mass is 267 g/mol. The smallest absolute Gasteiger partial charge is 0.183 e. The van der Waals surface area contributed by atoms with Crippen LogP contribution in [-0.4, -0.2) is 19.5 Å². The number of benzene rings is 1. The van der Waals surface area contributed by atoms with Gasteiger partial charge in [-0.25, -0.2) is 15.0 Å². The molecule has 3 aromatic rings. The van der Waals surface area contributed by atoms with Gasteiger partial charge >= 0.3 is 0 Å². The lowest BCUT2D eigenvalue weighted by molar-refractivity contribution is 0.884. The highest BCUT2D eigenvalue weighted by Gasteiger charge is 2.13. The van der Waals surface area contributed by atoms with E-state index in [9.17, 15) is 0 Å². The second kappa shape index (κ2) is 4.59. The third kappa shape index (κ3) is 2.11. The molecule has 1 N–H and O–H groups in total. The van der Waals surface area contributed by atoms with E-state index in [2.05, 4.69) is 39.3 Å². The van der Waals surface area contributed by atoms with Crippen molar-refractivity contribution in [2.45, 2.75) is 20.8 Å². The maximum Gasteiger partial charge on any atom is 0.183 e. The van der Waals surface area contributed by atoms with Crippen LogP contribution >= 0.6 is 0 Å². The number of hydrogen-bond donors (Lipinski definition) is 1. The fourth-order valence-electron chi connectivity index (χ4n) is 2.28. The standard InChI is InChI=1S/C15H17N5/c1-9-6-5-7-12(8-9)19-15-13-14(16-10(2)17-15)18-11(3)20(13)4/h5-8H,1-4H3,(H,16,17,19). The van der Waals surface area contributed by atoms with Crippen molar-refractivity contribution in [2.75, 3.05) is 5.32 Å². The number of rotatable bonds is 2. The van der Waals surface area contributed by atoms with Gasteiger partial charge in [0.25, 0.3) is 0 Å². The Kier molecular flexibility index (Phi) is 2.89. The maximum atomic E-state index is 4.52. The van der Waals surface area contributed by atoms with Gasteiger partial charge in [-0.15, -0.1) is 0 Å². The average Bonchev–Trinajstić information content (AvgIpc) is 2.64. The molecule has 0 unspecified atom stereocenters. The number of fused-ring (bicyclic) bond motifs is 1. The summed E-state index contributed by atoms with van der Waals surface area (Å²) in [6, 6.07) is 8.21. The maximum absolute atomic E-state index is 4.52. The zero-order valence-electron chi connectivity index (χ0n) is 12.1. The normalized spacial score (nSPS) is 11.0. The summed E-state index contributed by atoms with van der Waals surface area (Å²) < 4.78 is 2.01. The molecule has 5 heteroatoms. The molecule has 1 aromatic carbocycles. The van der Waals surface area contributed by atoms with Gasteiger partial charge in [-0.1, -0.05) is 12.1 Å². The molecule has 20 heavy (non-hydrogen) atoms. The van der Waals surface area contributed by atoms with Gasteiger partial charge in [0.1, 0.15) is 17.2 Å². The summed E-state index contributed by atoms with van der Waals surface area (Å²) in [5.74, 6) is 2.43. The summed E-state index contributed by atoms with van der Waals surface area (Å²) in [6.07, 6.45) is 0. The van der Waals surface area contributed by atoms with Gasteiger partial charge in [0.05, 0.1) is 0 Å². The van der Waals surface area contributed by atoms with Crippen molar-refractivity contribution in [1.29, 1.82) is 0 Å². The molecule has 0 bridgehead atoms. The molecule has 0 aliphatic carbocycles.